The van der Waals surface area contributed by atoms with Crippen LogP contribution in [0.5, 0.6) is 0 Å². The van der Waals surface area contributed by atoms with Crippen LogP contribution in [0.3, 0.4) is 0 Å². The third kappa shape index (κ3) is 2.39. The second kappa shape index (κ2) is 5.57. The average molecular weight is 362 g/mol. The molecule has 0 unspecified atom stereocenters. The first-order valence-corrected chi connectivity index (χ1v) is 8.55. The van der Waals surface area contributed by atoms with E-state index in [1.165, 1.54) is 0 Å². The third-order valence-corrected chi connectivity index (χ3v) is 4.92. The zero-order valence-corrected chi connectivity index (χ0v) is 14.0. The summed E-state index contributed by atoms with van der Waals surface area (Å²) in [5, 5.41) is 10.6. The second-order valence-electron chi connectivity index (χ2n) is 5.78. The van der Waals surface area contributed by atoms with E-state index in [-0.39, 0.29) is 5.24 Å². The quantitative estimate of drug-likeness (QED) is 0.527. The van der Waals surface area contributed by atoms with Crippen molar-refractivity contribution in [1.29, 1.82) is 0 Å². The number of H-pyrrole nitrogens is 1. The van der Waals surface area contributed by atoms with Gasteiger partial charge >= 0.3 is 0 Å². The van der Waals surface area contributed by atoms with E-state index >= 15 is 0 Å². The first-order valence-electron chi connectivity index (χ1n) is 7.73. The number of aromatic nitrogens is 3. The maximum Gasteiger partial charge on any atom is 0.290 e. The maximum atomic E-state index is 11.7. The number of aromatic amines is 1. The molecule has 126 valence electrons. The number of rotatable bonds is 2. The predicted octanol–water partition coefficient (Wildman–Crippen LogP) is 3.70. The molecule has 26 heavy (non-hydrogen) atoms. The van der Waals surface area contributed by atoms with Gasteiger partial charge in [0.25, 0.3) is 11.1 Å². The number of carbonyl (C=O) groups is 2. The number of nitrogens with one attached hydrogen (secondary N) is 2. The molecule has 3 aromatic heterocycles. The highest BCUT2D eigenvalue weighted by Gasteiger charge is 2.25. The number of fused-ring (bicyclic) bond motifs is 2. The van der Waals surface area contributed by atoms with Crippen LogP contribution >= 0.6 is 11.8 Å². The Hall–Kier alpha value is -3.39. The van der Waals surface area contributed by atoms with E-state index in [9.17, 15) is 9.59 Å². The minimum Gasteiger partial charge on any atom is -0.456 e. The molecule has 1 aromatic carbocycles. The summed E-state index contributed by atoms with van der Waals surface area (Å²) in [5.74, 6) is 0.0789. The van der Waals surface area contributed by atoms with Gasteiger partial charge in [-0.05, 0) is 35.5 Å². The van der Waals surface area contributed by atoms with Gasteiger partial charge in [0.05, 0.1) is 16.6 Å². The van der Waals surface area contributed by atoms with Crippen LogP contribution < -0.4 is 5.32 Å². The molecule has 0 radical (unpaired) electrons. The Balaban J connectivity index is 1.63. The highest BCUT2D eigenvalue weighted by molar-refractivity contribution is 8.18. The number of nitrogens with zero attached hydrogens (tertiary/aromatic N) is 2. The van der Waals surface area contributed by atoms with E-state index in [0.29, 0.717) is 16.2 Å². The highest BCUT2D eigenvalue weighted by atomic mass is 32.2. The number of thioether (sulfide) groups is 1. The van der Waals surface area contributed by atoms with Crippen molar-refractivity contribution in [3.05, 3.63) is 53.5 Å². The Bertz CT molecular complexity index is 1240. The van der Waals surface area contributed by atoms with E-state index in [1.54, 1.807) is 30.7 Å². The van der Waals surface area contributed by atoms with Gasteiger partial charge in [-0.25, -0.2) is 0 Å². The Morgan fingerprint density at radius 3 is 2.85 bits per heavy atom. The number of furan rings is 1. The van der Waals surface area contributed by atoms with E-state index in [1.807, 2.05) is 18.2 Å². The minimum atomic E-state index is -0.413. The summed E-state index contributed by atoms with van der Waals surface area (Å²) in [6.07, 6.45) is 6.77. The molecule has 4 aromatic rings. The van der Waals surface area contributed by atoms with Crippen molar-refractivity contribution < 1.29 is 14.0 Å². The third-order valence-electron chi connectivity index (χ3n) is 4.11. The van der Waals surface area contributed by atoms with E-state index in [2.05, 4.69) is 20.5 Å². The van der Waals surface area contributed by atoms with Gasteiger partial charge in [-0.15, -0.1) is 0 Å². The lowest BCUT2D eigenvalue weighted by Crippen LogP contribution is -2.17. The molecule has 0 spiro atoms. The first kappa shape index (κ1) is 14.9. The summed E-state index contributed by atoms with van der Waals surface area (Å²) >= 11 is 0.857. The number of hydrogen-bond acceptors (Lipinski definition) is 6. The summed E-state index contributed by atoms with van der Waals surface area (Å²) in [4.78, 5) is 27.6. The molecule has 7 nitrogen and oxygen atoms in total. The molecule has 2 N–H and O–H groups in total. The molecule has 0 bridgehead atoms. The van der Waals surface area contributed by atoms with Crippen LogP contribution in [0.25, 0.3) is 39.1 Å². The number of hydrogen-bond donors (Lipinski definition) is 2. The van der Waals surface area contributed by atoms with Crippen molar-refractivity contribution >= 4 is 50.9 Å². The maximum absolute atomic E-state index is 11.7. The Morgan fingerprint density at radius 2 is 2.00 bits per heavy atom. The van der Waals surface area contributed by atoms with Gasteiger partial charge in [0.1, 0.15) is 11.3 Å². The van der Waals surface area contributed by atoms with Gasteiger partial charge < -0.3 is 4.42 Å². The van der Waals surface area contributed by atoms with Gasteiger partial charge in [-0.2, -0.15) is 5.10 Å². The zero-order valence-electron chi connectivity index (χ0n) is 13.1. The number of amides is 2. The van der Waals surface area contributed by atoms with Gasteiger partial charge in [0.15, 0.2) is 0 Å². The number of imide groups is 1. The summed E-state index contributed by atoms with van der Waals surface area (Å²) in [5.41, 5.74) is 3.42. The van der Waals surface area contributed by atoms with Crippen LogP contribution in [0.1, 0.15) is 5.76 Å². The SMILES string of the molecule is O=C1NC(=O)C(=Cc2cc3cncc(-c4ccc5[nH]ncc5c4)c3o2)S1. The molecule has 1 fully saturated rings. The number of pyridine rings is 1. The van der Waals surface area contributed by atoms with Gasteiger partial charge in [-0.1, -0.05) is 6.07 Å². The van der Waals surface area contributed by atoms with Crippen molar-refractivity contribution in [2.75, 3.05) is 0 Å². The topological polar surface area (TPSA) is 101 Å². The molecular weight excluding hydrogens is 352 g/mol. The molecule has 1 saturated heterocycles. The van der Waals surface area contributed by atoms with Crippen molar-refractivity contribution in [2.24, 2.45) is 0 Å². The molecule has 0 saturated carbocycles. The molecule has 8 heteroatoms. The molecule has 0 atom stereocenters. The molecule has 4 heterocycles. The predicted molar refractivity (Wildman–Crippen MR) is 98.2 cm³/mol. The summed E-state index contributed by atoms with van der Waals surface area (Å²) < 4.78 is 5.95. The lowest BCUT2D eigenvalue weighted by atomic mass is 10.0. The fourth-order valence-corrected chi connectivity index (χ4v) is 3.58. The van der Waals surface area contributed by atoms with Gasteiger partial charge in [0.2, 0.25) is 0 Å². The minimum absolute atomic E-state index is 0.309. The Kier molecular flexibility index (Phi) is 3.19. The Labute approximate surface area is 150 Å². The lowest BCUT2D eigenvalue weighted by Gasteiger charge is -2.02. The second-order valence-corrected chi connectivity index (χ2v) is 6.79. The van der Waals surface area contributed by atoms with Crippen LogP contribution in [0, 0.1) is 0 Å². The highest BCUT2D eigenvalue weighted by Crippen LogP contribution is 2.33. The van der Waals surface area contributed by atoms with Crippen molar-refractivity contribution in [2.45, 2.75) is 0 Å². The van der Waals surface area contributed by atoms with Crippen molar-refractivity contribution in [3.8, 4) is 11.1 Å². The standard InChI is InChI=1S/C18H10N4O3S/c23-17-15(26-18(24)21-17)5-12-4-11-6-19-8-13(16(11)25-12)9-1-2-14-10(3-9)7-20-22-14/h1-8H,(H,20,22)(H,21,23,24). The van der Waals surface area contributed by atoms with Crippen LogP contribution in [-0.4, -0.2) is 26.3 Å². The van der Waals surface area contributed by atoms with Crippen LogP contribution in [-0.2, 0) is 4.79 Å². The average Bonchev–Trinajstić information content (AvgIpc) is 3.32. The van der Waals surface area contributed by atoms with E-state index < -0.39 is 5.91 Å². The fourth-order valence-electron chi connectivity index (χ4n) is 2.92. The molecular formula is C18H10N4O3S. The van der Waals surface area contributed by atoms with E-state index in [4.69, 9.17) is 4.42 Å². The van der Waals surface area contributed by atoms with Gasteiger partial charge in [-0.3, -0.25) is 25.0 Å². The Morgan fingerprint density at radius 1 is 1.08 bits per heavy atom. The monoisotopic (exact) mass is 362 g/mol. The molecule has 5 rings (SSSR count). The van der Waals surface area contributed by atoms with Crippen LogP contribution in [0.2, 0.25) is 0 Å². The van der Waals surface area contributed by atoms with Gasteiger partial charge in [0, 0.05) is 34.8 Å². The van der Waals surface area contributed by atoms with Crippen LogP contribution in [0.15, 0.2) is 52.2 Å². The van der Waals surface area contributed by atoms with Crippen LogP contribution in [0.4, 0.5) is 4.79 Å². The molecule has 1 aliphatic heterocycles. The first-order chi connectivity index (χ1) is 12.7. The molecule has 2 amide bonds. The zero-order chi connectivity index (χ0) is 17.7. The smallest absolute Gasteiger partial charge is 0.290 e. The van der Waals surface area contributed by atoms with Crippen molar-refractivity contribution in [3.63, 3.8) is 0 Å². The largest absolute Gasteiger partial charge is 0.456 e. The summed E-state index contributed by atoms with van der Waals surface area (Å²) in [6.45, 7) is 0. The van der Waals surface area contributed by atoms with Crippen molar-refractivity contribution in [1.82, 2.24) is 20.5 Å². The summed E-state index contributed by atoms with van der Waals surface area (Å²) in [7, 11) is 0. The lowest BCUT2D eigenvalue weighted by molar-refractivity contribution is -0.115. The normalized spacial score (nSPS) is 16.1. The molecule has 1 aliphatic rings. The fraction of sp³-hybridized carbons (Fsp3) is 0. The number of carbonyl (C=O) groups excluding carboxylic acids is 2. The van der Waals surface area contributed by atoms with E-state index in [0.717, 1.165) is 39.2 Å². The number of benzene rings is 1. The summed E-state index contributed by atoms with van der Waals surface area (Å²) in [6, 6.07) is 7.73. The molecule has 0 aliphatic carbocycles.